The smallest absolute Gasteiger partial charge is 0.123 e. The highest BCUT2D eigenvalue weighted by molar-refractivity contribution is 5.19. The van der Waals surface area contributed by atoms with Crippen molar-refractivity contribution >= 4 is 0 Å². The van der Waals surface area contributed by atoms with Crippen LogP contribution in [0.2, 0.25) is 0 Å². The summed E-state index contributed by atoms with van der Waals surface area (Å²) in [4.78, 5) is 1.93. The molecule has 18 heavy (non-hydrogen) atoms. The van der Waals surface area contributed by atoms with E-state index < -0.39 is 0 Å². The summed E-state index contributed by atoms with van der Waals surface area (Å²) in [6, 6.07) is 6.04. The van der Waals surface area contributed by atoms with Gasteiger partial charge in [-0.3, -0.25) is 4.90 Å². The molecule has 0 aromatic heterocycles. The number of aliphatic hydroxyl groups excluding tert-OH is 2. The molecule has 1 aromatic rings. The van der Waals surface area contributed by atoms with Gasteiger partial charge in [0.15, 0.2) is 0 Å². The Bertz CT molecular complexity index is 344. The first-order valence-corrected chi connectivity index (χ1v) is 6.12. The van der Waals surface area contributed by atoms with Crippen LogP contribution in [0.3, 0.4) is 0 Å². The zero-order valence-electron chi connectivity index (χ0n) is 10.4. The number of rotatable bonds is 8. The van der Waals surface area contributed by atoms with Crippen LogP contribution in [0, 0.1) is 5.82 Å². The van der Waals surface area contributed by atoms with Crippen molar-refractivity contribution in [3.05, 3.63) is 35.6 Å². The van der Waals surface area contributed by atoms with Crippen LogP contribution in [-0.4, -0.2) is 48.0 Å². The van der Waals surface area contributed by atoms with E-state index in [2.05, 4.69) is 0 Å². The van der Waals surface area contributed by atoms with Gasteiger partial charge >= 0.3 is 0 Å². The summed E-state index contributed by atoms with van der Waals surface area (Å²) in [5.74, 6) is -0.287. The van der Waals surface area contributed by atoms with Gasteiger partial charge in [0.25, 0.3) is 0 Å². The second-order valence-corrected chi connectivity index (χ2v) is 4.24. The average Bonchev–Trinajstić information content (AvgIpc) is 2.36. The molecule has 4 nitrogen and oxygen atoms in total. The lowest BCUT2D eigenvalue weighted by molar-refractivity contribution is 0.157. The number of nitrogens with two attached hydrogens (primary N) is 1. The molecule has 0 aliphatic rings. The minimum Gasteiger partial charge on any atom is -0.395 e. The molecule has 0 bridgehead atoms. The zero-order chi connectivity index (χ0) is 13.4. The quantitative estimate of drug-likeness (QED) is 0.633. The molecule has 5 heteroatoms. The monoisotopic (exact) mass is 256 g/mol. The van der Waals surface area contributed by atoms with E-state index in [1.807, 2.05) is 4.90 Å². The van der Waals surface area contributed by atoms with Crippen molar-refractivity contribution in [2.24, 2.45) is 5.73 Å². The highest BCUT2D eigenvalue weighted by Crippen LogP contribution is 2.15. The van der Waals surface area contributed by atoms with Crippen LogP contribution in [0.25, 0.3) is 0 Å². The number of hydrogen-bond acceptors (Lipinski definition) is 4. The maximum atomic E-state index is 13.0. The summed E-state index contributed by atoms with van der Waals surface area (Å²) >= 11 is 0. The van der Waals surface area contributed by atoms with Crippen molar-refractivity contribution < 1.29 is 14.6 Å². The molecule has 0 spiro atoms. The summed E-state index contributed by atoms with van der Waals surface area (Å²) in [5.41, 5.74) is 6.75. The molecule has 1 atom stereocenters. The molecular weight excluding hydrogens is 235 g/mol. The molecule has 0 saturated heterocycles. The normalized spacial score (nSPS) is 12.9. The van der Waals surface area contributed by atoms with Gasteiger partial charge in [-0.05, 0) is 24.1 Å². The van der Waals surface area contributed by atoms with Crippen molar-refractivity contribution in [1.29, 1.82) is 0 Å². The van der Waals surface area contributed by atoms with Gasteiger partial charge in [-0.1, -0.05) is 12.1 Å². The fourth-order valence-electron chi connectivity index (χ4n) is 1.84. The van der Waals surface area contributed by atoms with Gasteiger partial charge in [-0.2, -0.15) is 0 Å². The van der Waals surface area contributed by atoms with E-state index in [1.165, 1.54) is 12.1 Å². The second-order valence-electron chi connectivity index (χ2n) is 4.24. The Morgan fingerprint density at radius 2 is 1.83 bits per heavy atom. The van der Waals surface area contributed by atoms with Crippen LogP contribution in [0.4, 0.5) is 4.39 Å². The third-order valence-corrected chi connectivity index (χ3v) is 2.87. The first-order chi connectivity index (χ1) is 8.67. The van der Waals surface area contributed by atoms with E-state index in [0.29, 0.717) is 26.1 Å². The number of nitrogens with zero attached hydrogens (tertiary/aromatic N) is 1. The second kappa shape index (κ2) is 8.16. The first kappa shape index (κ1) is 15.0. The van der Waals surface area contributed by atoms with E-state index in [0.717, 1.165) is 5.56 Å². The van der Waals surface area contributed by atoms with E-state index in [1.54, 1.807) is 12.1 Å². The topological polar surface area (TPSA) is 69.7 Å². The Morgan fingerprint density at radius 3 is 2.39 bits per heavy atom. The fraction of sp³-hybridized carbons (Fsp3) is 0.538. The summed E-state index contributed by atoms with van der Waals surface area (Å²) in [6.45, 7) is 1.79. The lowest BCUT2D eigenvalue weighted by Gasteiger charge is -2.22. The van der Waals surface area contributed by atoms with Crippen LogP contribution in [0.15, 0.2) is 24.3 Å². The third kappa shape index (κ3) is 5.10. The van der Waals surface area contributed by atoms with E-state index >= 15 is 0 Å². The van der Waals surface area contributed by atoms with Gasteiger partial charge in [0, 0.05) is 25.7 Å². The number of halogens is 1. The summed E-state index contributed by atoms with van der Waals surface area (Å²) in [7, 11) is 0. The molecule has 0 heterocycles. The lowest BCUT2D eigenvalue weighted by atomic mass is 10.0. The SMILES string of the molecule is NC(CCN(CCO)CCO)c1cccc(F)c1. The van der Waals surface area contributed by atoms with Gasteiger partial charge in [0.05, 0.1) is 13.2 Å². The first-order valence-electron chi connectivity index (χ1n) is 6.12. The molecule has 0 fully saturated rings. The van der Waals surface area contributed by atoms with Gasteiger partial charge in [-0.15, -0.1) is 0 Å². The van der Waals surface area contributed by atoms with Gasteiger partial charge in [0.1, 0.15) is 5.82 Å². The summed E-state index contributed by atoms with van der Waals surface area (Å²) < 4.78 is 13.0. The van der Waals surface area contributed by atoms with Gasteiger partial charge < -0.3 is 15.9 Å². The molecule has 102 valence electrons. The van der Waals surface area contributed by atoms with Crippen LogP contribution in [-0.2, 0) is 0 Å². The largest absolute Gasteiger partial charge is 0.395 e. The van der Waals surface area contributed by atoms with Crippen molar-refractivity contribution in [3.63, 3.8) is 0 Å². The van der Waals surface area contributed by atoms with Crippen LogP contribution in [0.5, 0.6) is 0 Å². The third-order valence-electron chi connectivity index (χ3n) is 2.87. The van der Waals surface area contributed by atoms with Crippen molar-refractivity contribution in [2.75, 3.05) is 32.8 Å². The molecule has 0 aliphatic heterocycles. The zero-order valence-corrected chi connectivity index (χ0v) is 10.4. The predicted molar refractivity (Wildman–Crippen MR) is 68.6 cm³/mol. The molecule has 1 unspecified atom stereocenters. The van der Waals surface area contributed by atoms with Crippen molar-refractivity contribution in [3.8, 4) is 0 Å². The lowest BCUT2D eigenvalue weighted by Crippen LogP contribution is -2.32. The standard InChI is InChI=1S/C13H21FN2O2/c14-12-3-1-2-11(10-12)13(15)4-5-16(6-8-17)7-9-18/h1-3,10,13,17-18H,4-9,15H2. The van der Waals surface area contributed by atoms with E-state index in [4.69, 9.17) is 15.9 Å². The summed E-state index contributed by atoms with van der Waals surface area (Å²) in [5, 5.41) is 17.8. The maximum absolute atomic E-state index is 13.0. The van der Waals surface area contributed by atoms with E-state index in [9.17, 15) is 4.39 Å². The minimum atomic E-state index is -0.287. The average molecular weight is 256 g/mol. The predicted octanol–water partition coefficient (Wildman–Crippen LogP) is 0.502. The number of benzene rings is 1. The van der Waals surface area contributed by atoms with Crippen molar-refractivity contribution in [2.45, 2.75) is 12.5 Å². The van der Waals surface area contributed by atoms with Crippen molar-refractivity contribution in [1.82, 2.24) is 4.90 Å². The maximum Gasteiger partial charge on any atom is 0.123 e. The highest BCUT2D eigenvalue weighted by atomic mass is 19.1. The molecular formula is C13H21FN2O2. The fourth-order valence-corrected chi connectivity index (χ4v) is 1.84. The minimum absolute atomic E-state index is 0.0508. The molecule has 4 N–H and O–H groups in total. The number of hydrogen-bond donors (Lipinski definition) is 3. The van der Waals surface area contributed by atoms with Gasteiger partial charge in [0.2, 0.25) is 0 Å². The molecule has 0 aliphatic carbocycles. The van der Waals surface area contributed by atoms with Crippen LogP contribution in [0.1, 0.15) is 18.0 Å². The highest BCUT2D eigenvalue weighted by Gasteiger charge is 2.10. The molecule has 0 radical (unpaired) electrons. The molecule has 1 aromatic carbocycles. The molecule has 1 rings (SSSR count). The Hall–Kier alpha value is -1.01. The Morgan fingerprint density at radius 1 is 1.17 bits per heavy atom. The molecule has 0 amide bonds. The Balaban J connectivity index is 2.46. The Labute approximate surface area is 107 Å². The summed E-state index contributed by atoms with van der Waals surface area (Å²) in [6.07, 6.45) is 0.656. The van der Waals surface area contributed by atoms with Crippen LogP contribution >= 0.6 is 0 Å². The molecule has 0 saturated carbocycles. The van der Waals surface area contributed by atoms with Crippen LogP contribution < -0.4 is 5.73 Å². The number of aliphatic hydroxyl groups is 2. The van der Waals surface area contributed by atoms with E-state index in [-0.39, 0.29) is 25.1 Å². The van der Waals surface area contributed by atoms with Gasteiger partial charge in [-0.25, -0.2) is 4.39 Å². The Kier molecular flexibility index (Phi) is 6.82.